The summed E-state index contributed by atoms with van der Waals surface area (Å²) in [5.41, 5.74) is 0.385. The number of hydrogen-bond donors (Lipinski definition) is 2. The second kappa shape index (κ2) is 3.59. The summed E-state index contributed by atoms with van der Waals surface area (Å²) < 4.78 is 1.69. The molecule has 1 aliphatic rings. The van der Waals surface area contributed by atoms with E-state index in [0.29, 0.717) is 18.1 Å². The zero-order valence-corrected chi connectivity index (χ0v) is 7.47. The van der Waals surface area contributed by atoms with Crippen molar-refractivity contribution in [1.82, 2.24) is 9.55 Å². The fourth-order valence-electron chi connectivity index (χ4n) is 1.33. The molecular weight excluding hydrogens is 184 g/mol. The van der Waals surface area contributed by atoms with Gasteiger partial charge in [0.25, 0.3) is 0 Å². The summed E-state index contributed by atoms with van der Waals surface area (Å²) in [6, 6.07) is 0. The fourth-order valence-corrected chi connectivity index (χ4v) is 1.33. The lowest BCUT2D eigenvalue weighted by Gasteiger charge is -2.04. The monoisotopic (exact) mass is 194 g/mol. The Balaban J connectivity index is 2.40. The average Bonchev–Trinajstić information content (AvgIpc) is 2.47. The molecule has 0 aliphatic carbocycles. The molecule has 14 heavy (non-hydrogen) atoms. The number of nitrogens with one attached hydrogen (secondary N) is 1. The SMILES string of the molecule is O=C1CN=CNc2c1ncn2CCO. The third kappa shape index (κ3) is 1.39. The molecule has 2 rings (SSSR count). The maximum absolute atomic E-state index is 11.4. The number of imidazole rings is 1. The third-order valence-corrected chi connectivity index (χ3v) is 1.97. The number of nitrogens with zero attached hydrogens (tertiary/aromatic N) is 3. The lowest BCUT2D eigenvalue weighted by molar-refractivity contribution is 0.0999. The predicted molar refractivity (Wildman–Crippen MR) is 50.6 cm³/mol. The van der Waals surface area contributed by atoms with Gasteiger partial charge in [0, 0.05) is 6.54 Å². The predicted octanol–water partition coefficient (Wildman–Crippen LogP) is -0.488. The maximum atomic E-state index is 11.4. The van der Waals surface area contributed by atoms with E-state index in [1.165, 1.54) is 12.7 Å². The van der Waals surface area contributed by atoms with Gasteiger partial charge in [-0.2, -0.15) is 0 Å². The van der Waals surface area contributed by atoms with Crippen molar-refractivity contribution in [2.45, 2.75) is 6.54 Å². The number of carbonyl (C=O) groups excluding carboxylic acids is 1. The zero-order chi connectivity index (χ0) is 9.97. The summed E-state index contributed by atoms with van der Waals surface area (Å²) in [5, 5.41) is 11.6. The van der Waals surface area contributed by atoms with E-state index in [1.54, 1.807) is 4.57 Å². The number of aliphatic imine (C=N–C) groups is 1. The summed E-state index contributed by atoms with van der Waals surface area (Å²) >= 11 is 0. The van der Waals surface area contributed by atoms with Crippen LogP contribution in [-0.4, -0.2) is 39.9 Å². The molecule has 74 valence electrons. The number of anilines is 1. The van der Waals surface area contributed by atoms with Crippen LogP contribution in [0.25, 0.3) is 0 Å². The van der Waals surface area contributed by atoms with Crippen LogP contribution in [0, 0.1) is 0 Å². The van der Waals surface area contributed by atoms with Crippen molar-refractivity contribution >= 4 is 17.9 Å². The molecule has 0 radical (unpaired) electrons. The van der Waals surface area contributed by atoms with Crippen molar-refractivity contribution in [3.8, 4) is 0 Å². The molecule has 0 atom stereocenters. The number of hydrogen-bond acceptors (Lipinski definition) is 5. The maximum Gasteiger partial charge on any atom is 0.206 e. The van der Waals surface area contributed by atoms with Crippen LogP contribution in [0.1, 0.15) is 10.5 Å². The smallest absolute Gasteiger partial charge is 0.206 e. The second-order valence-electron chi connectivity index (χ2n) is 2.90. The first-order chi connectivity index (χ1) is 6.83. The largest absolute Gasteiger partial charge is 0.395 e. The molecule has 6 nitrogen and oxygen atoms in total. The number of ketones is 1. The number of rotatable bonds is 2. The van der Waals surface area contributed by atoms with Gasteiger partial charge in [0.05, 0.1) is 19.3 Å². The van der Waals surface area contributed by atoms with Gasteiger partial charge in [-0.15, -0.1) is 0 Å². The Kier molecular flexibility index (Phi) is 2.28. The van der Waals surface area contributed by atoms with Crippen molar-refractivity contribution in [1.29, 1.82) is 0 Å². The molecule has 1 aromatic rings. The van der Waals surface area contributed by atoms with E-state index in [2.05, 4.69) is 15.3 Å². The van der Waals surface area contributed by atoms with Gasteiger partial charge in [-0.05, 0) is 0 Å². The Morgan fingerprint density at radius 1 is 1.64 bits per heavy atom. The first kappa shape index (κ1) is 8.89. The van der Waals surface area contributed by atoms with E-state index in [-0.39, 0.29) is 18.9 Å². The van der Waals surface area contributed by atoms with Crippen LogP contribution in [0.4, 0.5) is 5.82 Å². The van der Waals surface area contributed by atoms with Crippen molar-refractivity contribution in [2.75, 3.05) is 18.5 Å². The van der Waals surface area contributed by atoms with E-state index in [9.17, 15) is 4.79 Å². The minimum absolute atomic E-state index is 0.00974. The highest BCUT2D eigenvalue weighted by molar-refractivity contribution is 6.03. The summed E-state index contributed by atoms with van der Waals surface area (Å²) in [5.74, 6) is 0.489. The molecular formula is C8H10N4O2. The summed E-state index contributed by atoms with van der Waals surface area (Å²) in [6.45, 7) is 0.544. The molecule has 0 aromatic carbocycles. The van der Waals surface area contributed by atoms with Crippen LogP contribution < -0.4 is 5.32 Å². The number of aromatic nitrogens is 2. The third-order valence-electron chi connectivity index (χ3n) is 1.97. The van der Waals surface area contributed by atoms with E-state index in [1.807, 2.05) is 0 Å². The number of carbonyl (C=O) groups is 1. The fraction of sp³-hybridized carbons (Fsp3) is 0.375. The lowest BCUT2D eigenvalue weighted by Crippen LogP contribution is -2.08. The van der Waals surface area contributed by atoms with Gasteiger partial charge in [0.15, 0.2) is 5.69 Å². The normalized spacial score (nSPS) is 14.8. The van der Waals surface area contributed by atoms with Crippen LogP contribution in [0.2, 0.25) is 0 Å². The van der Waals surface area contributed by atoms with E-state index in [4.69, 9.17) is 5.11 Å². The quantitative estimate of drug-likeness (QED) is 0.666. The Hall–Kier alpha value is -1.69. The topological polar surface area (TPSA) is 79.5 Å². The van der Waals surface area contributed by atoms with Gasteiger partial charge in [-0.3, -0.25) is 9.79 Å². The zero-order valence-electron chi connectivity index (χ0n) is 7.47. The number of Topliss-reactive ketones (excluding diaryl/α,β-unsaturated/α-hetero) is 1. The van der Waals surface area contributed by atoms with Gasteiger partial charge in [0.2, 0.25) is 5.78 Å². The van der Waals surface area contributed by atoms with Gasteiger partial charge in [0.1, 0.15) is 12.4 Å². The van der Waals surface area contributed by atoms with Crippen LogP contribution in [0.5, 0.6) is 0 Å². The van der Waals surface area contributed by atoms with Crippen LogP contribution in [0.15, 0.2) is 11.3 Å². The van der Waals surface area contributed by atoms with Crippen molar-refractivity contribution in [3.05, 3.63) is 12.0 Å². The molecule has 0 saturated heterocycles. The molecule has 2 heterocycles. The van der Waals surface area contributed by atoms with E-state index >= 15 is 0 Å². The van der Waals surface area contributed by atoms with Crippen LogP contribution >= 0.6 is 0 Å². The van der Waals surface area contributed by atoms with Crippen molar-refractivity contribution in [3.63, 3.8) is 0 Å². The van der Waals surface area contributed by atoms with Gasteiger partial charge < -0.3 is 15.0 Å². The summed E-state index contributed by atoms with van der Waals surface area (Å²) in [7, 11) is 0. The molecule has 0 amide bonds. The standard InChI is InChI=1S/C8H10N4O2/c13-2-1-12-5-11-7-6(14)3-9-4-10-8(7)12/h4-5,13H,1-3H2,(H,9,10). The molecule has 6 heteroatoms. The highest BCUT2D eigenvalue weighted by atomic mass is 16.3. The highest BCUT2D eigenvalue weighted by Gasteiger charge is 2.18. The highest BCUT2D eigenvalue weighted by Crippen LogP contribution is 2.15. The molecule has 0 spiro atoms. The lowest BCUT2D eigenvalue weighted by atomic mass is 10.3. The van der Waals surface area contributed by atoms with Crippen LogP contribution in [-0.2, 0) is 6.54 Å². The summed E-state index contributed by atoms with van der Waals surface area (Å²) in [4.78, 5) is 19.2. The Morgan fingerprint density at radius 2 is 2.50 bits per heavy atom. The molecule has 0 unspecified atom stereocenters. The van der Waals surface area contributed by atoms with E-state index < -0.39 is 0 Å². The number of aliphatic hydroxyl groups excluding tert-OH is 1. The minimum Gasteiger partial charge on any atom is -0.395 e. The van der Waals surface area contributed by atoms with Crippen molar-refractivity contribution < 1.29 is 9.90 Å². The summed E-state index contributed by atoms with van der Waals surface area (Å²) in [6.07, 6.45) is 3.00. The Morgan fingerprint density at radius 3 is 3.29 bits per heavy atom. The molecule has 1 aliphatic heterocycles. The molecule has 0 bridgehead atoms. The molecule has 2 N–H and O–H groups in total. The van der Waals surface area contributed by atoms with Crippen LogP contribution in [0.3, 0.4) is 0 Å². The van der Waals surface area contributed by atoms with Gasteiger partial charge in [-0.1, -0.05) is 0 Å². The first-order valence-electron chi connectivity index (χ1n) is 4.27. The Bertz CT molecular complexity index is 383. The van der Waals surface area contributed by atoms with Gasteiger partial charge in [-0.25, -0.2) is 4.98 Å². The van der Waals surface area contributed by atoms with E-state index in [0.717, 1.165) is 0 Å². The number of aliphatic hydroxyl groups is 1. The molecule has 1 aromatic heterocycles. The molecule has 0 fully saturated rings. The number of fused-ring (bicyclic) bond motifs is 1. The van der Waals surface area contributed by atoms with Crippen molar-refractivity contribution in [2.24, 2.45) is 4.99 Å². The second-order valence-corrected chi connectivity index (χ2v) is 2.90. The first-order valence-corrected chi connectivity index (χ1v) is 4.27. The molecule has 0 saturated carbocycles. The Labute approximate surface area is 80.3 Å². The van der Waals surface area contributed by atoms with Gasteiger partial charge >= 0.3 is 0 Å². The average molecular weight is 194 g/mol. The minimum atomic E-state index is -0.113.